The van der Waals surface area contributed by atoms with Crippen LogP contribution in [0.2, 0.25) is 0 Å². The van der Waals surface area contributed by atoms with Crippen LogP contribution in [0.1, 0.15) is 6.42 Å². The van der Waals surface area contributed by atoms with Crippen molar-refractivity contribution in [3.05, 3.63) is 0 Å². The molecule has 1 fully saturated rings. The fourth-order valence-electron chi connectivity index (χ4n) is 2.03. The molecule has 1 heterocycles. The summed E-state index contributed by atoms with van der Waals surface area (Å²) in [6, 6.07) is 0. The van der Waals surface area contributed by atoms with E-state index in [0.717, 1.165) is 0 Å². The van der Waals surface area contributed by atoms with Crippen molar-refractivity contribution in [2.45, 2.75) is 22.3 Å². The van der Waals surface area contributed by atoms with E-state index in [0.29, 0.717) is 0 Å². The Kier molecular flexibility index (Phi) is 4.74. The van der Waals surface area contributed by atoms with Crippen molar-refractivity contribution >= 4 is 44.0 Å². The quantitative estimate of drug-likeness (QED) is 0.179. The second-order valence-electron chi connectivity index (χ2n) is 4.69. The van der Waals surface area contributed by atoms with Crippen LogP contribution in [0, 0.1) is 0 Å². The minimum absolute atomic E-state index is 1.09. The number of likely N-dealkylation sites (tertiary alicyclic amines) is 1. The van der Waals surface area contributed by atoms with Crippen molar-refractivity contribution in [1.29, 1.82) is 0 Å². The zero-order valence-electron chi connectivity index (χ0n) is 11.5. The van der Waals surface area contributed by atoms with Gasteiger partial charge < -0.3 is 20.4 Å². The molecule has 1 aliphatic heterocycles. The maximum atomic E-state index is 12.1. The predicted octanol–water partition coefficient (Wildman–Crippen LogP) is -4.56. The first kappa shape index (κ1) is 20.9. The van der Waals surface area contributed by atoms with E-state index < -0.39 is 71.2 Å². The van der Waals surface area contributed by atoms with Gasteiger partial charge in [0.25, 0.3) is 31.9 Å². The van der Waals surface area contributed by atoms with Gasteiger partial charge >= 0.3 is 16.0 Å². The summed E-state index contributed by atoms with van der Waals surface area (Å²) in [5, 5.41) is 36.6. The van der Waals surface area contributed by atoms with Crippen LogP contribution in [-0.4, -0.2) is 90.9 Å². The second-order valence-corrected chi connectivity index (χ2v) is 8.24. The number of aliphatic hydroxyl groups is 2. The molecule has 25 heavy (non-hydrogen) atoms. The molecule has 1 rings (SSSR count). The first-order chi connectivity index (χ1) is 11.0. The van der Waals surface area contributed by atoms with Crippen LogP contribution in [-0.2, 0) is 39.4 Å². The Morgan fingerprint density at radius 2 is 1.48 bits per heavy atom. The fourth-order valence-corrected chi connectivity index (χ4v) is 4.33. The normalized spacial score (nSPS) is 21.7. The molecule has 0 bridgehead atoms. The van der Waals surface area contributed by atoms with Crippen LogP contribution in [0.5, 0.6) is 0 Å². The lowest BCUT2D eigenvalue weighted by atomic mass is 10.1. The number of carbonyl (C=O) groups is 4. The Hall–Kier alpha value is -2.18. The molecule has 0 saturated carbocycles. The van der Waals surface area contributed by atoms with Gasteiger partial charge in [-0.2, -0.15) is 16.8 Å². The van der Waals surface area contributed by atoms with E-state index in [2.05, 4.69) is 0 Å². The molecule has 17 heteroatoms. The van der Waals surface area contributed by atoms with E-state index in [9.17, 15) is 46.2 Å². The van der Waals surface area contributed by atoms with E-state index in [1.165, 1.54) is 0 Å². The molecule has 2 atom stereocenters. The average Bonchev–Trinajstić information content (AvgIpc) is 2.68. The van der Waals surface area contributed by atoms with E-state index in [1.54, 1.807) is 0 Å². The third-order valence-electron chi connectivity index (χ3n) is 3.27. The predicted molar refractivity (Wildman–Crippen MR) is 68.5 cm³/mol. The molecule has 1 aliphatic rings. The van der Waals surface area contributed by atoms with E-state index in [4.69, 9.17) is 19.3 Å². The summed E-state index contributed by atoms with van der Waals surface area (Å²) >= 11 is 0. The number of hydrogen-bond acceptors (Lipinski definition) is 10. The van der Waals surface area contributed by atoms with E-state index in [1.807, 2.05) is 0 Å². The molecule has 6 N–H and O–H groups in total. The van der Waals surface area contributed by atoms with Crippen LogP contribution < -0.4 is 0 Å². The summed E-state index contributed by atoms with van der Waals surface area (Å²) in [7, 11) is -12.3. The summed E-state index contributed by atoms with van der Waals surface area (Å²) in [6.45, 7) is 0. The van der Waals surface area contributed by atoms with Crippen molar-refractivity contribution in [3.8, 4) is 0 Å². The number of carboxylic acid groups (broad SMARTS) is 2. The summed E-state index contributed by atoms with van der Waals surface area (Å²) < 4.78 is 58.9. The molecular formula is C8H9NO14S2. The Bertz CT molecular complexity index is 839. The highest BCUT2D eigenvalue weighted by molar-refractivity contribution is 8.06. The van der Waals surface area contributed by atoms with Crippen molar-refractivity contribution in [3.63, 3.8) is 0 Å². The zero-order valence-corrected chi connectivity index (χ0v) is 13.1. The smallest absolute Gasteiger partial charge is 0.361 e. The minimum Gasteiger partial charge on any atom is -0.479 e. The third-order valence-corrected chi connectivity index (χ3v) is 6.83. The minimum atomic E-state index is -6.15. The highest BCUT2D eigenvalue weighted by Gasteiger charge is 2.74. The monoisotopic (exact) mass is 407 g/mol. The average molecular weight is 407 g/mol. The van der Waals surface area contributed by atoms with Crippen LogP contribution in [0.4, 0.5) is 0 Å². The van der Waals surface area contributed by atoms with Gasteiger partial charge in [-0.25, -0.2) is 14.5 Å². The number of carboxylic acids is 2. The highest BCUT2D eigenvalue weighted by atomic mass is 32.3. The molecule has 0 spiro atoms. The third kappa shape index (κ3) is 2.65. The van der Waals surface area contributed by atoms with E-state index in [-0.39, 0.29) is 0 Å². The van der Waals surface area contributed by atoms with Crippen molar-refractivity contribution in [2.75, 3.05) is 0 Å². The molecule has 142 valence electrons. The maximum Gasteiger partial charge on any atom is 0.361 e. The standard InChI is InChI=1S/C8H9NO14S2/c10-2-1-7(24(18,19)20,25(21,22)23)5(14)9(2)8(17,6(15)16)3(11)4(12)13/h3,11,17H,1H2,(H,12,13)(H,15,16)(H,18,19,20)(H,21,22,23). The lowest BCUT2D eigenvalue weighted by Gasteiger charge is -2.33. The largest absolute Gasteiger partial charge is 0.479 e. The molecule has 15 nitrogen and oxygen atoms in total. The Labute approximate surface area is 137 Å². The first-order valence-electron chi connectivity index (χ1n) is 5.64. The molecule has 2 unspecified atom stereocenters. The number of aliphatic carboxylic acids is 2. The summed E-state index contributed by atoms with van der Waals surface area (Å²) in [5.41, 5.74) is -4.35. The van der Waals surface area contributed by atoms with Crippen LogP contribution in [0.25, 0.3) is 0 Å². The first-order valence-corrected chi connectivity index (χ1v) is 8.52. The maximum absolute atomic E-state index is 12.1. The summed E-state index contributed by atoms with van der Waals surface area (Å²) in [6.07, 6.45) is -5.54. The van der Waals surface area contributed by atoms with Gasteiger partial charge in [-0.15, -0.1) is 0 Å². The van der Waals surface area contributed by atoms with Gasteiger partial charge in [0.1, 0.15) is 0 Å². The SMILES string of the molecule is O=C(O)C(O)C(O)(C(=O)O)N1C(=O)CC(S(=O)(=O)O)(S(=O)(=O)O)C1=O. The second kappa shape index (κ2) is 5.68. The lowest BCUT2D eigenvalue weighted by Crippen LogP contribution is -2.67. The zero-order chi connectivity index (χ0) is 20.2. The van der Waals surface area contributed by atoms with E-state index >= 15 is 0 Å². The Morgan fingerprint density at radius 1 is 1.08 bits per heavy atom. The van der Waals surface area contributed by atoms with Gasteiger partial charge in [-0.1, -0.05) is 0 Å². The van der Waals surface area contributed by atoms with Crippen LogP contribution in [0.3, 0.4) is 0 Å². The van der Waals surface area contributed by atoms with Gasteiger partial charge in [0, 0.05) is 0 Å². The molecule has 0 aliphatic carbocycles. The highest BCUT2D eigenvalue weighted by Crippen LogP contribution is 2.40. The Morgan fingerprint density at radius 3 is 1.72 bits per heavy atom. The molecule has 0 aromatic carbocycles. The molecule has 0 aromatic heterocycles. The number of hydrogen-bond donors (Lipinski definition) is 6. The molecular weight excluding hydrogens is 398 g/mol. The number of carbonyl (C=O) groups excluding carboxylic acids is 2. The van der Waals surface area contributed by atoms with Crippen molar-refractivity contribution in [2.24, 2.45) is 0 Å². The van der Waals surface area contributed by atoms with Gasteiger partial charge in [0.05, 0.1) is 6.42 Å². The summed E-state index contributed by atoms with van der Waals surface area (Å²) in [4.78, 5) is 44.6. The van der Waals surface area contributed by atoms with Gasteiger partial charge in [-0.3, -0.25) is 18.7 Å². The number of nitrogens with zero attached hydrogens (tertiary/aromatic N) is 1. The summed E-state index contributed by atoms with van der Waals surface area (Å²) in [5.74, 6) is -10.1. The lowest BCUT2D eigenvalue weighted by molar-refractivity contribution is -0.214. The van der Waals surface area contributed by atoms with Crippen LogP contribution in [0.15, 0.2) is 0 Å². The molecule has 0 aromatic rings. The Balaban J connectivity index is 3.83. The molecule has 1 saturated heterocycles. The van der Waals surface area contributed by atoms with Crippen LogP contribution >= 0.6 is 0 Å². The number of imide groups is 1. The van der Waals surface area contributed by atoms with Crippen molar-refractivity contribution < 1.29 is 65.5 Å². The molecule has 2 amide bonds. The molecule has 0 radical (unpaired) electrons. The van der Waals surface area contributed by atoms with Gasteiger partial charge in [0.2, 0.25) is 12.0 Å². The van der Waals surface area contributed by atoms with Gasteiger partial charge in [-0.05, 0) is 0 Å². The fraction of sp³-hybridized carbons (Fsp3) is 0.500. The number of aliphatic hydroxyl groups excluding tert-OH is 1. The number of amides is 2. The number of rotatable bonds is 6. The van der Waals surface area contributed by atoms with Crippen molar-refractivity contribution in [1.82, 2.24) is 4.90 Å². The topological polar surface area (TPSA) is 261 Å². The van der Waals surface area contributed by atoms with Gasteiger partial charge in [0.15, 0.2) is 0 Å².